The number of benzene rings is 3. The Bertz CT molecular complexity index is 1170. The highest BCUT2D eigenvalue weighted by Crippen LogP contribution is 2.25. The highest BCUT2D eigenvalue weighted by molar-refractivity contribution is 7.99. The van der Waals surface area contributed by atoms with Gasteiger partial charge in [0.15, 0.2) is 0 Å². The van der Waals surface area contributed by atoms with E-state index in [0.29, 0.717) is 28.8 Å². The Morgan fingerprint density at radius 1 is 0.944 bits per heavy atom. The highest BCUT2D eigenvalue weighted by Gasteiger charge is 2.30. The van der Waals surface area contributed by atoms with Gasteiger partial charge in [-0.25, -0.2) is 0 Å². The minimum atomic E-state index is -0.673. The molecule has 0 spiro atoms. The largest absolute Gasteiger partial charge is 0.355 e. The third-order valence-corrected chi connectivity index (χ3v) is 7.33. The quantitative estimate of drug-likeness (QED) is 0.296. The average Bonchev–Trinajstić information content (AvgIpc) is 2.82. The van der Waals surface area contributed by atoms with Gasteiger partial charge < -0.3 is 10.2 Å². The zero-order valence-corrected chi connectivity index (χ0v) is 23.2. The Morgan fingerprint density at radius 3 is 2.28 bits per heavy atom. The van der Waals surface area contributed by atoms with Crippen LogP contribution in [-0.4, -0.2) is 35.1 Å². The first kappa shape index (κ1) is 28.1. The number of hydrogen-bond acceptors (Lipinski definition) is 3. The fourth-order valence-electron chi connectivity index (χ4n) is 4.17. The fraction of sp³-hybridized carbons (Fsp3) is 0.310. The van der Waals surface area contributed by atoms with Gasteiger partial charge in [-0.2, -0.15) is 0 Å². The number of amides is 2. The van der Waals surface area contributed by atoms with Gasteiger partial charge in [0.1, 0.15) is 6.04 Å². The highest BCUT2D eigenvalue weighted by atomic mass is 35.5. The maximum absolute atomic E-state index is 13.6. The summed E-state index contributed by atoms with van der Waals surface area (Å²) >= 11 is 14.1. The Labute approximate surface area is 228 Å². The lowest BCUT2D eigenvalue weighted by atomic mass is 10.0. The Hall–Kier alpha value is -2.47. The molecule has 1 N–H and O–H groups in total. The van der Waals surface area contributed by atoms with E-state index in [-0.39, 0.29) is 24.1 Å². The first-order chi connectivity index (χ1) is 17.3. The van der Waals surface area contributed by atoms with E-state index >= 15 is 0 Å². The van der Waals surface area contributed by atoms with Gasteiger partial charge in [-0.15, -0.1) is 11.8 Å². The molecule has 0 aromatic heterocycles. The van der Waals surface area contributed by atoms with Gasteiger partial charge in [0.05, 0.1) is 5.75 Å². The van der Waals surface area contributed by atoms with Crippen LogP contribution in [0, 0.1) is 13.8 Å². The van der Waals surface area contributed by atoms with E-state index in [9.17, 15) is 9.59 Å². The van der Waals surface area contributed by atoms with Crippen LogP contribution in [0.1, 0.15) is 34.7 Å². The second-order valence-corrected chi connectivity index (χ2v) is 10.7. The Balaban J connectivity index is 1.86. The number of thioether (sulfide) groups is 1. The molecule has 1 atom stereocenters. The van der Waals surface area contributed by atoms with Gasteiger partial charge in [0.2, 0.25) is 11.8 Å². The topological polar surface area (TPSA) is 49.4 Å². The molecule has 0 heterocycles. The van der Waals surface area contributed by atoms with E-state index in [4.69, 9.17) is 23.2 Å². The van der Waals surface area contributed by atoms with Gasteiger partial charge in [-0.05, 0) is 49.6 Å². The summed E-state index contributed by atoms with van der Waals surface area (Å²) in [6.07, 6.45) is 0.408. The average molecular weight is 544 g/mol. The van der Waals surface area contributed by atoms with Crippen LogP contribution in [-0.2, 0) is 28.3 Å². The molecule has 3 aromatic carbocycles. The van der Waals surface area contributed by atoms with Crippen molar-refractivity contribution in [3.8, 4) is 0 Å². The van der Waals surface area contributed by atoms with Crippen molar-refractivity contribution >= 4 is 46.8 Å². The number of hydrogen-bond donors (Lipinski definition) is 1. The molecule has 3 aromatic rings. The number of rotatable bonds is 11. The number of nitrogens with zero attached hydrogens (tertiary/aromatic N) is 1. The lowest BCUT2D eigenvalue weighted by Gasteiger charge is -2.31. The number of aryl methyl sites for hydroxylation is 2. The predicted octanol–water partition coefficient (Wildman–Crippen LogP) is 6.62. The molecule has 190 valence electrons. The molecule has 0 saturated heterocycles. The molecule has 0 aliphatic rings. The lowest BCUT2D eigenvalue weighted by Crippen LogP contribution is -2.51. The van der Waals surface area contributed by atoms with Crippen LogP contribution in [0.15, 0.2) is 66.7 Å². The molecule has 4 nitrogen and oxygen atoms in total. The maximum Gasteiger partial charge on any atom is 0.243 e. The fourth-order valence-corrected chi connectivity index (χ4v) is 5.48. The summed E-state index contributed by atoms with van der Waals surface area (Å²) in [6.45, 7) is 6.72. The third-order valence-electron chi connectivity index (χ3n) is 5.75. The van der Waals surface area contributed by atoms with Gasteiger partial charge in [-0.1, -0.05) is 88.9 Å². The molecular weight excluding hydrogens is 511 g/mol. The Morgan fingerprint density at radius 2 is 1.64 bits per heavy atom. The van der Waals surface area contributed by atoms with Crippen molar-refractivity contribution in [2.24, 2.45) is 0 Å². The smallest absolute Gasteiger partial charge is 0.243 e. The number of nitrogens with one attached hydrogen (secondary N) is 1. The minimum Gasteiger partial charge on any atom is -0.355 e. The zero-order valence-electron chi connectivity index (χ0n) is 20.9. The van der Waals surface area contributed by atoms with Gasteiger partial charge in [0, 0.05) is 35.3 Å². The summed E-state index contributed by atoms with van der Waals surface area (Å²) in [5.74, 6) is 0.679. The summed E-state index contributed by atoms with van der Waals surface area (Å²) in [4.78, 5) is 28.5. The molecule has 0 aliphatic carbocycles. The first-order valence-corrected chi connectivity index (χ1v) is 13.9. The minimum absolute atomic E-state index is 0.109. The van der Waals surface area contributed by atoms with Crippen molar-refractivity contribution in [3.05, 3.63) is 105 Å². The third kappa shape index (κ3) is 8.29. The molecule has 3 rings (SSSR count). The maximum atomic E-state index is 13.6. The summed E-state index contributed by atoms with van der Waals surface area (Å²) < 4.78 is 0. The van der Waals surface area contributed by atoms with E-state index in [0.717, 1.165) is 11.1 Å². The van der Waals surface area contributed by atoms with E-state index < -0.39 is 6.04 Å². The molecule has 0 aliphatic heterocycles. The molecule has 1 unspecified atom stereocenters. The van der Waals surface area contributed by atoms with Crippen LogP contribution in [0.5, 0.6) is 0 Å². The van der Waals surface area contributed by atoms with Crippen LogP contribution >= 0.6 is 35.0 Å². The van der Waals surface area contributed by atoms with Crippen molar-refractivity contribution in [1.82, 2.24) is 10.2 Å². The second-order valence-electron chi connectivity index (χ2n) is 8.85. The summed E-state index contributed by atoms with van der Waals surface area (Å²) in [7, 11) is 0. The van der Waals surface area contributed by atoms with Gasteiger partial charge in [0.25, 0.3) is 0 Å². The molecule has 7 heteroatoms. The molecular formula is C29H32Cl2N2O2S. The molecule has 0 fully saturated rings. The van der Waals surface area contributed by atoms with E-state index in [2.05, 4.69) is 37.4 Å². The summed E-state index contributed by atoms with van der Waals surface area (Å²) in [5, 5.41) is 3.90. The van der Waals surface area contributed by atoms with Gasteiger partial charge >= 0.3 is 0 Å². The number of carbonyl (C=O) groups is 2. The van der Waals surface area contributed by atoms with Crippen LogP contribution in [0.3, 0.4) is 0 Å². The van der Waals surface area contributed by atoms with E-state index in [1.807, 2.05) is 43.3 Å². The first-order valence-electron chi connectivity index (χ1n) is 12.0. The molecule has 0 radical (unpaired) electrons. The summed E-state index contributed by atoms with van der Waals surface area (Å²) in [5.41, 5.74) is 5.32. The predicted molar refractivity (Wildman–Crippen MR) is 152 cm³/mol. The van der Waals surface area contributed by atoms with Crippen molar-refractivity contribution in [1.29, 1.82) is 0 Å². The molecule has 0 saturated carbocycles. The standard InChI is InChI=1S/C29H32Cl2N2O2S/c1-4-32-29(35)27(15-22-8-6-5-7-9-22)33(17-24-10-11-25(30)16-26(24)31)28(34)19-36-18-23-13-20(2)12-21(3)14-23/h5-14,16,27H,4,15,17-19H2,1-3H3,(H,32,35). The lowest BCUT2D eigenvalue weighted by molar-refractivity contribution is -0.139. The monoisotopic (exact) mass is 542 g/mol. The SMILES string of the molecule is CCNC(=O)C(Cc1ccccc1)N(Cc1ccc(Cl)cc1Cl)C(=O)CSCc1cc(C)cc(C)c1. The van der Waals surface area contributed by atoms with Crippen molar-refractivity contribution in [2.75, 3.05) is 12.3 Å². The summed E-state index contributed by atoms with van der Waals surface area (Å²) in [6, 6.07) is 20.7. The Kier molecular flexibility index (Phi) is 10.7. The van der Waals surface area contributed by atoms with Crippen molar-refractivity contribution < 1.29 is 9.59 Å². The van der Waals surface area contributed by atoms with Crippen LogP contribution < -0.4 is 5.32 Å². The van der Waals surface area contributed by atoms with E-state index in [1.165, 1.54) is 16.7 Å². The van der Waals surface area contributed by atoms with Gasteiger partial charge in [-0.3, -0.25) is 9.59 Å². The van der Waals surface area contributed by atoms with Crippen molar-refractivity contribution in [2.45, 2.75) is 45.5 Å². The molecule has 2 amide bonds. The van der Waals surface area contributed by atoms with Crippen LogP contribution in [0.4, 0.5) is 0 Å². The molecule has 0 bridgehead atoms. The number of likely N-dealkylation sites (N-methyl/N-ethyl adjacent to an activating group) is 1. The number of carbonyl (C=O) groups excluding carboxylic acids is 2. The number of halogens is 2. The zero-order chi connectivity index (χ0) is 26.1. The normalized spacial score (nSPS) is 11.7. The van der Waals surface area contributed by atoms with Crippen LogP contribution in [0.25, 0.3) is 0 Å². The molecule has 36 heavy (non-hydrogen) atoms. The van der Waals surface area contributed by atoms with Crippen LogP contribution in [0.2, 0.25) is 10.0 Å². The van der Waals surface area contributed by atoms with Crippen molar-refractivity contribution in [3.63, 3.8) is 0 Å². The second kappa shape index (κ2) is 13.7. The van der Waals surface area contributed by atoms with E-state index in [1.54, 1.807) is 28.8 Å².